The third-order valence-corrected chi connectivity index (χ3v) is 6.83. The van der Waals surface area contributed by atoms with Gasteiger partial charge in [-0.3, -0.25) is 9.36 Å². The predicted octanol–water partition coefficient (Wildman–Crippen LogP) is 6.32. The van der Waals surface area contributed by atoms with Gasteiger partial charge in [-0.2, -0.15) is 0 Å². The molecule has 3 aromatic carbocycles. The van der Waals surface area contributed by atoms with Gasteiger partial charge in [0, 0.05) is 16.3 Å². The van der Waals surface area contributed by atoms with Crippen LogP contribution >= 0.6 is 23.4 Å². The van der Waals surface area contributed by atoms with E-state index >= 15 is 0 Å². The first-order valence-corrected chi connectivity index (χ1v) is 12.6. The number of amides is 1. The molecular formula is C27H27ClN4OS. The Morgan fingerprint density at radius 1 is 1.00 bits per heavy atom. The van der Waals surface area contributed by atoms with Crippen molar-refractivity contribution in [1.82, 2.24) is 20.1 Å². The highest BCUT2D eigenvalue weighted by atomic mass is 35.5. The fraction of sp³-hybridized carbons (Fsp3) is 0.222. The second-order valence-electron chi connectivity index (χ2n) is 8.18. The van der Waals surface area contributed by atoms with Gasteiger partial charge in [0.1, 0.15) is 0 Å². The second kappa shape index (κ2) is 10.9. The maximum Gasteiger partial charge on any atom is 0.251 e. The lowest BCUT2D eigenvalue weighted by molar-refractivity contribution is 0.0949. The van der Waals surface area contributed by atoms with Crippen molar-refractivity contribution in [3.8, 4) is 5.69 Å². The van der Waals surface area contributed by atoms with Crippen molar-refractivity contribution in [3.63, 3.8) is 0 Å². The molecule has 7 heteroatoms. The predicted molar refractivity (Wildman–Crippen MR) is 139 cm³/mol. The van der Waals surface area contributed by atoms with Crippen LogP contribution in [-0.4, -0.2) is 20.7 Å². The standard InChI is InChI=1S/C27H27ClN4OS/c1-4-20-9-11-22(12-10-20)26(33)29-16-25-30-31-27(34-17-21-7-5-6-18(2)14-21)32(25)24-15-23(28)13-8-19(24)3/h5-15H,4,16-17H2,1-3H3,(H,29,33). The Labute approximate surface area is 209 Å². The lowest BCUT2D eigenvalue weighted by atomic mass is 10.1. The molecule has 174 valence electrons. The van der Waals surface area contributed by atoms with Crippen LogP contribution in [0.4, 0.5) is 0 Å². The van der Waals surface area contributed by atoms with Crippen molar-refractivity contribution in [2.24, 2.45) is 0 Å². The van der Waals surface area contributed by atoms with Crippen molar-refractivity contribution in [3.05, 3.63) is 105 Å². The van der Waals surface area contributed by atoms with E-state index in [0.29, 0.717) is 16.4 Å². The Kier molecular flexibility index (Phi) is 7.70. The first-order valence-electron chi connectivity index (χ1n) is 11.2. The first kappa shape index (κ1) is 24.0. The summed E-state index contributed by atoms with van der Waals surface area (Å²) >= 11 is 7.94. The minimum absolute atomic E-state index is 0.144. The Balaban J connectivity index is 1.59. The number of carbonyl (C=O) groups is 1. The van der Waals surface area contributed by atoms with Crippen LogP contribution < -0.4 is 5.32 Å². The van der Waals surface area contributed by atoms with Crippen molar-refractivity contribution >= 4 is 29.3 Å². The molecule has 1 N–H and O–H groups in total. The molecule has 0 unspecified atom stereocenters. The summed E-state index contributed by atoms with van der Waals surface area (Å²) in [7, 11) is 0. The van der Waals surface area contributed by atoms with Crippen LogP contribution in [0.2, 0.25) is 5.02 Å². The summed E-state index contributed by atoms with van der Waals surface area (Å²) in [6, 6.07) is 21.8. The lowest BCUT2D eigenvalue weighted by Crippen LogP contribution is -2.24. The number of rotatable bonds is 8. The van der Waals surface area contributed by atoms with Crippen molar-refractivity contribution in [2.45, 2.75) is 44.6 Å². The fourth-order valence-electron chi connectivity index (χ4n) is 3.68. The van der Waals surface area contributed by atoms with Crippen LogP contribution in [-0.2, 0) is 18.7 Å². The van der Waals surface area contributed by atoms with Crippen molar-refractivity contribution in [2.75, 3.05) is 0 Å². The van der Waals surface area contributed by atoms with Gasteiger partial charge in [0.15, 0.2) is 11.0 Å². The largest absolute Gasteiger partial charge is 0.345 e. The molecule has 0 spiro atoms. The first-order chi connectivity index (χ1) is 16.4. The number of nitrogens with zero attached hydrogens (tertiary/aromatic N) is 3. The molecule has 0 aliphatic heterocycles. The van der Waals surface area contributed by atoms with Gasteiger partial charge < -0.3 is 5.32 Å². The second-order valence-corrected chi connectivity index (χ2v) is 9.55. The summed E-state index contributed by atoms with van der Waals surface area (Å²) in [5, 5.41) is 13.3. The zero-order valence-electron chi connectivity index (χ0n) is 19.5. The monoisotopic (exact) mass is 490 g/mol. The van der Waals surface area contributed by atoms with Crippen LogP contribution in [0.3, 0.4) is 0 Å². The number of hydrogen-bond acceptors (Lipinski definition) is 4. The van der Waals surface area contributed by atoms with Crippen LogP contribution in [0.25, 0.3) is 5.69 Å². The molecule has 0 atom stereocenters. The van der Waals surface area contributed by atoms with E-state index in [0.717, 1.165) is 28.6 Å². The highest BCUT2D eigenvalue weighted by molar-refractivity contribution is 7.98. The fourth-order valence-corrected chi connectivity index (χ4v) is 4.75. The quantitative estimate of drug-likeness (QED) is 0.293. The maximum absolute atomic E-state index is 12.7. The molecule has 4 rings (SSSR count). The number of hydrogen-bond donors (Lipinski definition) is 1. The molecule has 1 aromatic heterocycles. The number of benzene rings is 3. The average molecular weight is 491 g/mol. The Morgan fingerprint density at radius 3 is 2.53 bits per heavy atom. The molecular weight excluding hydrogens is 464 g/mol. The Bertz CT molecular complexity index is 1300. The van der Waals surface area contributed by atoms with Crippen LogP contribution in [0.5, 0.6) is 0 Å². The number of nitrogens with one attached hydrogen (secondary N) is 1. The maximum atomic E-state index is 12.7. The van der Waals surface area contributed by atoms with E-state index in [1.165, 1.54) is 16.7 Å². The highest BCUT2D eigenvalue weighted by Gasteiger charge is 2.18. The van der Waals surface area contributed by atoms with E-state index in [1.807, 2.05) is 54.0 Å². The summed E-state index contributed by atoms with van der Waals surface area (Å²) < 4.78 is 1.99. The molecule has 34 heavy (non-hydrogen) atoms. The van der Waals surface area contributed by atoms with E-state index in [2.05, 4.69) is 53.6 Å². The van der Waals surface area contributed by atoms with E-state index in [4.69, 9.17) is 11.6 Å². The lowest BCUT2D eigenvalue weighted by Gasteiger charge is -2.14. The topological polar surface area (TPSA) is 59.8 Å². The van der Waals surface area contributed by atoms with Gasteiger partial charge in [0.05, 0.1) is 12.2 Å². The minimum atomic E-state index is -0.144. The van der Waals surface area contributed by atoms with E-state index in [-0.39, 0.29) is 12.5 Å². The van der Waals surface area contributed by atoms with Gasteiger partial charge in [-0.05, 0) is 61.2 Å². The summed E-state index contributed by atoms with van der Waals surface area (Å²) in [4.78, 5) is 12.7. The number of halogens is 1. The van der Waals surface area contributed by atoms with Crippen molar-refractivity contribution < 1.29 is 4.79 Å². The third kappa shape index (κ3) is 5.69. The van der Waals surface area contributed by atoms with Gasteiger partial charge >= 0.3 is 0 Å². The van der Waals surface area contributed by atoms with Gasteiger partial charge in [0.25, 0.3) is 5.91 Å². The van der Waals surface area contributed by atoms with Gasteiger partial charge in [0.2, 0.25) is 0 Å². The number of carbonyl (C=O) groups excluding carboxylic acids is 1. The smallest absolute Gasteiger partial charge is 0.251 e. The molecule has 1 amide bonds. The van der Waals surface area contributed by atoms with E-state index < -0.39 is 0 Å². The third-order valence-electron chi connectivity index (χ3n) is 5.59. The van der Waals surface area contributed by atoms with Crippen LogP contribution in [0.1, 0.15) is 45.4 Å². The van der Waals surface area contributed by atoms with E-state index in [9.17, 15) is 4.79 Å². The summed E-state index contributed by atoms with van der Waals surface area (Å²) in [5.41, 5.74) is 6.21. The van der Waals surface area contributed by atoms with Gasteiger partial charge in [-0.15, -0.1) is 10.2 Å². The van der Waals surface area contributed by atoms with Gasteiger partial charge in [-0.1, -0.05) is 78.3 Å². The van der Waals surface area contributed by atoms with Crippen molar-refractivity contribution in [1.29, 1.82) is 0 Å². The molecule has 4 aromatic rings. The minimum Gasteiger partial charge on any atom is -0.345 e. The van der Waals surface area contributed by atoms with Crippen LogP contribution in [0, 0.1) is 13.8 Å². The Hall–Kier alpha value is -3.09. The molecule has 0 aliphatic carbocycles. The molecule has 0 saturated heterocycles. The molecule has 0 saturated carbocycles. The summed E-state index contributed by atoms with van der Waals surface area (Å²) in [6.45, 7) is 6.45. The highest BCUT2D eigenvalue weighted by Crippen LogP contribution is 2.28. The van der Waals surface area contributed by atoms with Gasteiger partial charge in [-0.25, -0.2) is 0 Å². The van der Waals surface area contributed by atoms with E-state index in [1.54, 1.807) is 11.8 Å². The molecule has 0 fully saturated rings. The summed E-state index contributed by atoms with van der Waals surface area (Å²) in [5.74, 6) is 1.26. The molecule has 0 radical (unpaired) electrons. The summed E-state index contributed by atoms with van der Waals surface area (Å²) in [6.07, 6.45) is 0.937. The number of aromatic nitrogens is 3. The molecule has 0 aliphatic rings. The Morgan fingerprint density at radius 2 is 1.79 bits per heavy atom. The molecule has 5 nitrogen and oxygen atoms in total. The SMILES string of the molecule is CCc1ccc(C(=O)NCc2nnc(SCc3cccc(C)c3)n2-c2cc(Cl)ccc2C)cc1. The molecule has 0 bridgehead atoms. The molecule has 1 heterocycles. The average Bonchev–Trinajstić information content (AvgIpc) is 3.25. The zero-order valence-corrected chi connectivity index (χ0v) is 21.1. The zero-order chi connectivity index (χ0) is 24.1. The number of aryl methyl sites for hydroxylation is 3. The van der Waals surface area contributed by atoms with Crippen LogP contribution in [0.15, 0.2) is 71.9 Å². The normalized spacial score (nSPS) is 10.9. The number of thioether (sulfide) groups is 1.